The molecule has 0 heterocycles. The Balaban J connectivity index is 2.50. The van der Waals surface area contributed by atoms with Gasteiger partial charge in [0.25, 0.3) is 0 Å². The second-order valence-corrected chi connectivity index (χ2v) is 6.06. The van der Waals surface area contributed by atoms with Crippen molar-refractivity contribution in [3.63, 3.8) is 0 Å². The first-order chi connectivity index (χ1) is 8.53. The average Bonchev–Trinajstić information content (AvgIpc) is 2.39. The first-order valence-corrected chi connectivity index (χ1v) is 7.46. The third-order valence-corrected chi connectivity index (χ3v) is 4.54. The second kappa shape index (κ2) is 7.13. The van der Waals surface area contributed by atoms with Crippen LogP contribution in [0.1, 0.15) is 58.8 Å². The summed E-state index contributed by atoms with van der Waals surface area (Å²) in [4.78, 5) is 14.2. The van der Waals surface area contributed by atoms with Crippen LogP contribution in [0, 0.1) is 5.92 Å². The maximum absolute atomic E-state index is 12.3. The van der Waals surface area contributed by atoms with Gasteiger partial charge in [0.15, 0.2) is 0 Å². The van der Waals surface area contributed by atoms with E-state index in [1.807, 2.05) is 19.0 Å². The van der Waals surface area contributed by atoms with Crippen LogP contribution < -0.4 is 5.32 Å². The minimum atomic E-state index is 0.0685. The highest BCUT2D eigenvalue weighted by Gasteiger charge is 2.33. The highest BCUT2D eigenvalue weighted by Crippen LogP contribution is 2.31. The van der Waals surface area contributed by atoms with Crippen LogP contribution in [0.25, 0.3) is 0 Å². The van der Waals surface area contributed by atoms with Crippen LogP contribution >= 0.6 is 0 Å². The molecule has 0 spiro atoms. The number of nitrogens with one attached hydrogen (secondary N) is 1. The lowest BCUT2D eigenvalue weighted by Crippen LogP contribution is -2.48. The lowest BCUT2D eigenvalue weighted by molar-refractivity contribution is -0.132. The van der Waals surface area contributed by atoms with Crippen molar-refractivity contribution in [1.29, 1.82) is 0 Å². The van der Waals surface area contributed by atoms with Gasteiger partial charge in [-0.1, -0.05) is 39.5 Å². The molecule has 1 rings (SSSR count). The fourth-order valence-electron chi connectivity index (χ4n) is 2.87. The molecule has 1 atom stereocenters. The van der Waals surface area contributed by atoms with Crippen LogP contribution in [0.3, 0.4) is 0 Å². The van der Waals surface area contributed by atoms with E-state index < -0.39 is 0 Å². The maximum Gasteiger partial charge on any atom is 0.224 e. The van der Waals surface area contributed by atoms with E-state index in [0.29, 0.717) is 18.2 Å². The first kappa shape index (κ1) is 15.5. The van der Waals surface area contributed by atoms with E-state index in [0.717, 1.165) is 25.8 Å². The fourth-order valence-corrected chi connectivity index (χ4v) is 2.87. The van der Waals surface area contributed by atoms with Crippen LogP contribution in [-0.4, -0.2) is 37.0 Å². The Labute approximate surface area is 112 Å². The van der Waals surface area contributed by atoms with Gasteiger partial charge in [-0.05, 0) is 25.8 Å². The fraction of sp³-hybridized carbons (Fsp3) is 0.933. The number of nitrogens with zero attached hydrogens (tertiary/aromatic N) is 1. The number of hydrogen-bond donors (Lipinski definition) is 1. The quantitative estimate of drug-likeness (QED) is 0.790. The van der Waals surface area contributed by atoms with Gasteiger partial charge in [-0.2, -0.15) is 0 Å². The zero-order chi connectivity index (χ0) is 13.6. The molecule has 0 radical (unpaired) electrons. The van der Waals surface area contributed by atoms with Gasteiger partial charge in [-0.3, -0.25) is 4.79 Å². The van der Waals surface area contributed by atoms with Crippen molar-refractivity contribution in [3.8, 4) is 0 Å². The summed E-state index contributed by atoms with van der Waals surface area (Å²) >= 11 is 0. The molecular weight excluding hydrogens is 224 g/mol. The highest BCUT2D eigenvalue weighted by atomic mass is 16.2. The van der Waals surface area contributed by atoms with Crippen LogP contribution in [0.4, 0.5) is 0 Å². The van der Waals surface area contributed by atoms with Gasteiger partial charge in [0.2, 0.25) is 5.91 Å². The molecule has 0 aromatic heterocycles. The Hall–Kier alpha value is -0.570. The smallest absolute Gasteiger partial charge is 0.224 e. The molecule has 0 bridgehead atoms. The number of hydrogen-bond acceptors (Lipinski definition) is 2. The molecule has 1 amide bonds. The van der Waals surface area contributed by atoms with Crippen LogP contribution in [-0.2, 0) is 4.79 Å². The van der Waals surface area contributed by atoms with Gasteiger partial charge < -0.3 is 10.2 Å². The minimum absolute atomic E-state index is 0.0685. The van der Waals surface area contributed by atoms with Gasteiger partial charge in [-0.15, -0.1) is 0 Å². The van der Waals surface area contributed by atoms with E-state index in [9.17, 15) is 4.79 Å². The summed E-state index contributed by atoms with van der Waals surface area (Å²) in [5, 5.41) is 3.42. The van der Waals surface area contributed by atoms with E-state index in [1.165, 1.54) is 19.3 Å². The SMILES string of the molecule is CCC(C)CN(C)C(=O)CC1(NC)CCCCC1. The first-order valence-electron chi connectivity index (χ1n) is 7.46. The van der Waals surface area contributed by atoms with Gasteiger partial charge in [-0.25, -0.2) is 0 Å². The summed E-state index contributed by atoms with van der Waals surface area (Å²) < 4.78 is 0. The van der Waals surface area contributed by atoms with E-state index in [4.69, 9.17) is 0 Å². The predicted molar refractivity (Wildman–Crippen MR) is 76.6 cm³/mol. The molecule has 0 aromatic rings. The average molecular weight is 254 g/mol. The third kappa shape index (κ3) is 4.27. The summed E-state index contributed by atoms with van der Waals surface area (Å²) in [5.74, 6) is 0.891. The van der Waals surface area contributed by atoms with Crippen molar-refractivity contribution >= 4 is 5.91 Å². The molecule has 1 aliphatic rings. The zero-order valence-corrected chi connectivity index (χ0v) is 12.6. The molecule has 1 unspecified atom stereocenters. The molecule has 106 valence electrons. The maximum atomic E-state index is 12.3. The topological polar surface area (TPSA) is 32.3 Å². The Morgan fingerprint density at radius 2 is 1.94 bits per heavy atom. The molecule has 1 aliphatic carbocycles. The number of amides is 1. The van der Waals surface area contributed by atoms with Gasteiger partial charge in [0.05, 0.1) is 0 Å². The summed E-state index contributed by atoms with van der Waals surface area (Å²) in [6.07, 6.45) is 7.91. The molecule has 3 heteroatoms. The molecule has 0 saturated heterocycles. The monoisotopic (exact) mass is 254 g/mol. The van der Waals surface area contributed by atoms with E-state index >= 15 is 0 Å². The summed E-state index contributed by atoms with van der Waals surface area (Å²) in [7, 11) is 3.95. The van der Waals surface area contributed by atoms with Crippen molar-refractivity contribution < 1.29 is 4.79 Å². The van der Waals surface area contributed by atoms with E-state index in [2.05, 4.69) is 19.2 Å². The second-order valence-electron chi connectivity index (χ2n) is 6.06. The van der Waals surface area contributed by atoms with Gasteiger partial charge in [0, 0.05) is 25.6 Å². The zero-order valence-electron chi connectivity index (χ0n) is 12.6. The molecule has 3 nitrogen and oxygen atoms in total. The molecule has 18 heavy (non-hydrogen) atoms. The van der Waals surface area contributed by atoms with Crippen molar-refractivity contribution in [2.45, 2.75) is 64.3 Å². The van der Waals surface area contributed by atoms with Gasteiger partial charge in [0.1, 0.15) is 0 Å². The molecule has 0 aromatic carbocycles. The highest BCUT2D eigenvalue weighted by molar-refractivity contribution is 5.77. The van der Waals surface area contributed by atoms with Crippen LogP contribution in [0.2, 0.25) is 0 Å². The van der Waals surface area contributed by atoms with Crippen molar-refractivity contribution in [2.75, 3.05) is 20.6 Å². The van der Waals surface area contributed by atoms with Crippen LogP contribution in [0.15, 0.2) is 0 Å². The summed E-state index contributed by atoms with van der Waals surface area (Å²) in [5.41, 5.74) is 0.0685. The molecule has 1 N–H and O–H groups in total. The third-order valence-electron chi connectivity index (χ3n) is 4.54. The van der Waals surface area contributed by atoms with Crippen molar-refractivity contribution in [1.82, 2.24) is 10.2 Å². The van der Waals surface area contributed by atoms with E-state index in [-0.39, 0.29) is 5.54 Å². The normalized spacial score (nSPS) is 20.4. The minimum Gasteiger partial charge on any atom is -0.345 e. The predicted octanol–water partition coefficient (Wildman–Crippen LogP) is 2.80. The number of carbonyl (C=O) groups is 1. The summed E-state index contributed by atoms with van der Waals surface area (Å²) in [6, 6.07) is 0. The largest absolute Gasteiger partial charge is 0.345 e. The lowest BCUT2D eigenvalue weighted by atomic mass is 9.79. The van der Waals surface area contributed by atoms with Crippen LogP contribution in [0.5, 0.6) is 0 Å². The Kier molecular flexibility index (Phi) is 6.13. The van der Waals surface area contributed by atoms with E-state index in [1.54, 1.807) is 0 Å². The summed E-state index contributed by atoms with van der Waals surface area (Å²) in [6.45, 7) is 5.27. The number of rotatable bonds is 6. The number of carbonyl (C=O) groups excluding carboxylic acids is 1. The lowest BCUT2D eigenvalue weighted by Gasteiger charge is -2.38. The Morgan fingerprint density at radius 3 is 2.44 bits per heavy atom. The standard InChI is InChI=1S/C15H30N2O/c1-5-13(2)12-17(4)14(18)11-15(16-3)9-7-6-8-10-15/h13,16H,5-12H2,1-4H3. The molecular formula is C15H30N2O. The Bertz CT molecular complexity index is 259. The van der Waals surface area contributed by atoms with Gasteiger partial charge >= 0.3 is 0 Å². The molecule has 1 fully saturated rings. The molecule has 1 saturated carbocycles. The van der Waals surface area contributed by atoms with Crippen molar-refractivity contribution in [3.05, 3.63) is 0 Å². The van der Waals surface area contributed by atoms with Crippen molar-refractivity contribution in [2.24, 2.45) is 5.92 Å². The molecule has 0 aliphatic heterocycles. The Morgan fingerprint density at radius 1 is 1.33 bits per heavy atom.